The molecule has 1 aromatic carbocycles. The van der Waals surface area contributed by atoms with Crippen molar-refractivity contribution in [2.75, 3.05) is 5.73 Å². The molecule has 0 saturated carbocycles. The van der Waals surface area contributed by atoms with Gasteiger partial charge in [-0.15, -0.1) is 23.1 Å². The lowest BCUT2D eigenvalue weighted by atomic mass is 10.3. The van der Waals surface area contributed by atoms with E-state index < -0.39 is 0 Å². The van der Waals surface area contributed by atoms with Crippen molar-refractivity contribution in [2.24, 2.45) is 0 Å². The van der Waals surface area contributed by atoms with Gasteiger partial charge in [0, 0.05) is 16.0 Å². The van der Waals surface area contributed by atoms with Gasteiger partial charge >= 0.3 is 0 Å². The van der Waals surface area contributed by atoms with Crippen molar-refractivity contribution in [2.45, 2.75) is 10.6 Å². The quantitative estimate of drug-likeness (QED) is 0.546. The maximum absolute atomic E-state index is 6.00. The second-order valence-corrected chi connectivity index (χ2v) is 6.41. The van der Waals surface area contributed by atoms with Gasteiger partial charge in [0.25, 0.3) is 0 Å². The Morgan fingerprint density at radius 1 is 1.35 bits per heavy atom. The van der Waals surface area contributed by atoms with Gasteiger partial charge in [-0.1, -0.05) is 11.6 Å². The van der Waals surface area contributed by atoms with Crippen molar-refractivity contribution in [3.8, 4) is 10.8 Å². The lowest BCUT2D eigenvalue weighted by molar-refractivity contribution is 0.581. The first-order valence-corrected chi connectivity index (χ1v) is 8.13. The normalized spacial score (nSPS) is 10.8. The van der Waals surface area contributed by atoms with Crippen LogP contribution < -0.4 is 5.73 Å². The topological polar surface area (TPSA) is 52.0 Å². The number of nitrogen functional groups attached to an aromatic ring is 1. The van der Waals surface area contributed by atoms with Gasteiger partial charge in [-0.25, -0.2) is 4.98 Å². The van der Waals surface area contributed by atoms with Crippen LogP contribution in [0.1, 0.15) is 5.69 Å². The number of thiazole rings is 1. The van der Waals surface area contributed by atoms with Gasteiger partial charge < -0.3 is 10.2 Å². The van der Waals surface area contributed by atoms with Crippen LogP contribution in [0, 0.1) is 0 Å². The summed E-state index contributed by atoms with van der Waals surface area (Å²) in [5.74, 6) is 1.60. The zero-order chi connectivity index (χ0) is 13.9. The fourth-order valence-corrected chi connectivity index (χ4v) is 3.61. The van der Waals surface area contributed by atoms with E-state index in [9.17, 15) is 0 Å². The van der Waals surface area contributed by atoms with E-state index in [1.165, 1.54) is 0 Å². The van der Waals surface area contributed by atoms with E-state index in [1.54, 1.807) is 29.4 Å². The Labute approximate surface area is 129 Å². The summed E-state index contributed by atoms with van der Waals surface area (Å²) in [5.41, 5.74) is 7.32. The number of nitrogens with zero attached hydrogens (tertiary/aromatic N) is 1. The molecule has 20 heavy (non-hydrogen) atoms. The van der Waals surface area contributed by atoms with Crippen LogP contribution in [-0.2, 0) is 5.75 Å². The van der Waals surface area contributed by atoms with Crippen LogP contribution in [0.25, 0.3) is 10.8 Å². The molecule has 0 atom stereocenters. The molecule has 0 aliphatic carbocycles. The predicted octanol–water partition coefficient (Wildman–Crippen LogP) is 4.93. The van der Waals surface area contributed by atoms with Gasteiger partial charge in [-0.2, -0.15) is 0 Å². The highest BCUT2D eigenvalue weighted by molar-refractivity contribution is 7.98. The van der Waals surface area contributed by atoms with Gasteiger partial charge in [0.1, 0.15) is 0 Å². The molecule has 0 bridgehead atoms. The van der Waals surface area contributed by atoms with Crippen LogP contribution in [0.15, 0.2) is 51.3 Å². The number of hydrogen-bond acceptors (Lipinski definition) is 5. The zero-order valence-corrected chi connectivity index (χ0v) is 12.8. The van der Waals surface area contributed by atoms with Crippen molar-refractivity contribution in [1.29, 1.82) is 0 Å². The fourth-order valence-electron chi connectivity index (χ4n) is 1.64. The second-order valence-electron chi connectivity index (χ2n) is 4.09. The number of furan rings is 1. The Hall–Kier alpha value is -1.43. The van der Waals surface area contributed by atoms with E-state index in [0.717, 1.165) is 27.1 Å². The summed E-state index contributed by atoms with van der Waals surface area (Å²) < 4.78 is 5.33. The Bertz CT molecular complexity index is 710. The Kier molecular flexibility index (Phi) is 4.00. The highest BCUT2D eigenvalue weighted by atomic mass is 35.5. The smallest absolute Gasteiger partial charge is 0.162 e. The summed E-state index contributed by atoms with van der Waals surface area (Å²) in [7, 11) is 0. The molecule has 3 aromatic rings. The van der Waals surface area contributed by atoms with Crippen LogP contribution in [0.2, 0.25) is 5.02 Å². The number of benzene rings is 1. The minimum Gasteiger partial charge on any atom is -0.462 e. The number of thioether (sulfide) groups is 1. The molecular formula is C14H11ClN2OS2. The van der Waals surface area contributed by atoms with Crippen LogP contribution in [0.4, 0.5) is 5.69 Å². The monoisotopic (exact) mass is 322 g/mol. The molecule has 0 saturated heterocycles. The molecule has 0 fully saturated rings. The molecule has 102 valence electrons. The molecule has 0 aliphatic rings. The molecule has 2 heterocycles. The van der Waals surface area contributed by atoms with E-state index in [-0.39, 0.29) is 0 Å². The largest absolute Gasteiger partial charge is 0.462 e. The van der Waals surface area contributed by atoms with Gasteiger partial charge in [-0.3, -0.25) is 0 Å². The lowest BCUT2D eigenvalue weighted by Gasteiger charge is -2.02. The van der Waals surface area contributed by atoms with Crippen molar-refractivity contribution < 1.29 is 4.42 Å². The Morgan fingerprint density at radius 3 is 3.00 bits per heavy atom. The number of hydrogen-bond donors (Lipinski definition) is 1. The molecule has 0 spiro atoms. The summed E-state index contributed by atoms with van der Waals surface area (Å²) in [6.07, 6.45) is 1.65. The van der Waals surface area contributed by atoms with Gasteiger partial charge in [0.2, 0.25) is 0 Å². The van der Waals surface area contributed by atoms with E-state index in [4.69, 9.17) is 21.8 Å². The van der Waals surface area contributed by atoms with Crippen molar-refractivity contribution in [1.82, 2.24) is 4.98 Å². The van der Waals surface area contributed by atoms with Crippen LogP contribution >= 0.6 is 34.7 Å². The number of anilines is 1. The molecular weight excluding hydrogens is 312 g/mol. The molecule has 3 rings (SSSR count). The predicted molar refractivity (Wildman–Crippen MR) is 85.2 cm³/mol. The average Bonchev–Trinajstić information content (AvgIpc) is 3.09. The molecule has 2 N–H and O–H groups in total. The van der Waals surface area contributed by atoms with E-state index >= 15 is 0 Å². The van der Waals surface area contributed by atoms with Crippen LogP contribution in [0.5, 0.6) is 0 Å². The van der Waals surface area contributed by atoms with Crippen molar-refractivity contribution in [3.05, 3.63) is 52.7 Å². The van der Waals surface area contributed by atoms with Gasteiger partial charge in [0.05, 0.1) is 22.7 Å². The van der Waals surface area contributed by atoms with Crippen molar-refractivity contribution >= 4 is 40.4 Å². The molecule has 0 radical (unpaired) electrons. The van der Waals surface area contributed by atoms with Gasteiger partial charge in [-0.05, 0) is 30.3 Å². The summed E-state index contributed by atoms with van der Waals surface area (Å²) in [4.78, 5) is 5.63. The summed E-state index contributed by atoms with van der Waals surface area (Å²) >= 11 is 9.27. The molecule has 0 aliphatic heterocycles. The first-order chi connectivity index (χ1) is 9.72. The number of aromatic nitrogens is 1. The van der Waals surface area contributed by atoms with Crippen LogP contribution in [0.3, 0.4) is 0 Å². The Balaban J connectivity index is 1.68. The molecule has 0 unspecified atom stereocenters. The van der Waals surface area contributed by atoms with Gasteiger partial charge in [0.15, 0.2) is 10.8 Å². The van der Waals surface area contributed by atoms with E-state index in [0.29, 0.717) is 10.7 Å². The summed E-state index contributed by atoms with van der Waals surface area (Å²) in [6.45, 7) is 0. The minimum absolute atomic E-state index is 0.588. The number of rotatable bonds is 4. The Morgan fingerprint density at radius 2 is 2.25 bits per heavy atom. The first kappa shape index (κ1) is 13.5. The second kappa shape index (κ2) is 5.91. The van der Waals surface area contributed by atoms with Crippen LogP contribution in [-0.4, -0.2) is 4.98 Å². The maximum atomic E-state index is 6.00. The third-order valence-electron chi connectivity index (χ3n) is 2.64. The third-order valence-corrected chi connectivity index (χ3v) is 4.90. The summed E-state index contributed by atoms with van der Waals surface area (Å²) in [5, 5.41) is 3.54. The molecule has 6 heteroatoms. The fraction of sp³-hybridized carbons (Fsp3) is 0.0714. The number of nitrogens with two attached hydrogens (primary N) is 1. The average molecular weight is 323 g/mol. The SMILES string of the molecule is Nc1ccc(SCc2csc(-c3ccco3)n2)cc1Cl. The molecule has 2 aromatic heterocycles. The standard InChI is InChI=1S/C14H11ClN2OS2/c15-11-6-10(3-4-12(11)16)19-7-9-8-20-14(17-9)13-2-1-5-18-13/h1-6,8H,7,16H2. The molecule has 3 nitrogen and oxygen atoms in total. The minimum atomic E-state index is 0.588. The summed E-state index contributed by atoms with van der Waals surface area (Å²) in [6, 6.07) is 9.43. The molecule has 0 amide bonds. The third kappa shape index (κ3) is 3.00. The zero-order valence-electron chi connectivity index (χ0n) is 10.4. The van der Waals surface area contributed by atoms with E-state index in [1.807, 2.05) is 35.7 Å². The number of halogens is 1. The highest BCUT2D eigenvalue weighted by Gasteiger charge is 2.07. The highest BCUT2D eigenvalue weighted by Crippen LogP contribution is 2.30. The van der Waals surface area contributed by atoms with Crippen molar-refractivity contribution in [3.63, 3.8) is 0 Å². The maximum Gasteiger partial charge on any atom is 0.162 e. The lowest BCUT2D eigenvalue weighted by Crippen LogP contribution is -1.86. The van der Waals surface area contributed by atoms with E-state index in [2.05, 4.69) is 4.98 Å². The first-order valence-electron chi connectivity index (χ1n) is 5.88.